The number of fused-ring (bicyclic) bond motifs is 5. The Labute approximate surface area is 265 Å². The van der Waals surface area contributed by atoms with E-state index < -0.39 is 47.9 Å². The Morgan fingerprint density at radius 1 is 0.767 bits per heavy atom. The van der Waals surface area contributed by atoms with Crippen LogP contribution in [-0.4, -0.2) is 46.0 Å². The number of carbonyl (C=O) groups excluding carboxylic acids is 5. The van der Waals surface area contributed by atoms with E-state index in [2.05, 4.69) is 0 Å². The molecule has 0 radical (unpaired) electrons. The highest BCUT2D eigenvalue weighted by Gasteiger charge is 2.61. The number of Topliss-reactive ketones (excluding diaryl/α,β-unsaturated/α-hetero) is 1. The van der Waals surface area contributed by atoms with Gasteiger partial charge in [-0.25, -0.2) is 9.80 Å². The third-order valence-electron chi connectivity index (χ3n) is 7.92. The average molecular weight is 658 g/mol. The molecule has 43 heavy (non-hydrogen) atoms. The lowest BCUT2D eigenvalue weighted by Gasteiger charge is -2.31. The van der Waals surface area contributed by atoms with Gasteiger partial charge in [0, 0.05) is 15.6 Å². The standard InChI is InChI=1S/C31H20Cl4N2O6/c32-18-5-9-21(23(34)12-18)28(39)36(37-29(40)26-16-1-2-17(11-16)27(26)30(37)41)14-25(38)15-3-7-20(8-4-15)43-31(42)22-10-6-19(33)13-24(22)35/h1-10,12-13,16-17,26-27H,11,14H2/t16-,17-,26-,27+/m0/s1. The van der Waals surface area contributed by atoms with Gasteiger partial charge in [-0.15, -0.1) is 0 Å². The van der Waals surface area contributed by atoms with Crippen molar-refractivity contribution < 1.29 is 28.7 Å². The molecule has 3 aromatic carbocycles. The normalized spacial score (nSPS) is 21.7. The van der Waals surface area contributed by atoms with Gasteiger partial charge in [-0.3, -0.25) is 19.2 Å². The summed E-state index contributed by atoms with van der Waals surface area (Å²) >= 11 is 24.3. The number of carbonyl (C=O) groups is 5. The highest BCUT2D eigenvalue weighted by atomic mass is 35.5. The summed E-state index contributed by atoms with van der Waals surface area (Å²) in [6, 6.07) is 14.1. The highest BCUT2D eigenvalue weighted by Crippen LogP contribution is 2.52. The number of ether oxygens (including phenoxy) is 1. The van der Waals surface area contributed by atoms with Crippen LogP contribution in [0.2, 0.25) is 20.1 Å². The Kier molecular flexibility index (Phi) is 7.81. The lowest BCUT2D eigenvalue weighted by Crippen LogP contribution is -2.52. The summed E-state index contributed by atoms with van der Waals surface area (Å²) in [5.41, 5.74) is 0.223. The fraction of sp³-hybridized carbons (Fsp3) is 0.194. The molecule has 2 bridgehead atoms. The van der Waals surface area contributed by atoms with Crippen molar-refractivity contribution in [3.05, 3.63) is 110 Å². The van der Waals surface area contributed by atoms with E-state index in [1.54, 1.807) is 0 Å². The van der Waals surface area contributed by atoms with Crippen LogP contribution in [-0.2, 0) is 9.59 Å². The second-order valence-corrected chi connectivity index (χ2v) is 12.1. The van der Waals surface area contributed by atoms with Gasteiger partial charge in [0.15, 0.2) is 5.78 Å². The average Bonchev–Trinajstić information content (AvgIpc) is 3.65. The fourth-order valence-corrected chi connectivity index (χ4v) is 6.89. The van der Waals surface area contributed by atoms with E-state index in [0.29, 0.717) is 11.4 Å². The van der Waals surface area contributed by atoms with Gasteiger partial charge in [0.05, 0.1) is 33.0 Å². The van der Waals surface area contributed by atoms with Gasteiger partial charge in [0.25, 0.3) is 17.7 Å². The Hall–Kier alpha value is -3.69. The van der Waals surface area contributed by atoms with Crippen LogP contribution in [0.4, 0.5) is 0 Å². The third kappa shape index (κ3) is 5.33. The summed E-state index contributed by atoms with van der Waals surface area (Å²) in [6.07, 6.45) is 4.57. The zero-order valence-corrected chi connectivity index (χ0v) is 25.0. The predicted octanol–water partition coefficient (Wildman–Crippen LogP) is 6.57. The third-order valence-corrected chi connectivity index (χ3v) is 9.01. The van der Waals surface area contributed by atoms with Crippen LogP contribution >= 0.6 is 46.4 Å². The summed E-state index contributed by atoms with van der Waals surface area (Å²) in [7, 11) is 0. The summed E-state index contributed by atoms with van der Waals surface area (Å²) in [5, 5.41) is 2.43. The molecule has 1 heterocycles. The minimum absolute atomic E-state index is 0.00272. The minimum atomic E-state index is -0.803. The van der Waals surface area contributed by atoms with Gasteiger partial charge in [-0.2, -0.15) is 5.01 Å². The zero-order valence-electron chi connectivity index (χ0n) is 22.0. The number of rotatable bonds is 7. The molecule has 0 aromatic heterocycles. The van der Waals surface area contributed by atoms with E-state index in [9.17, 15) is 24.0 Å². The Morgan fingerprint density at radius 3 is 1.84 bits per heavy atom. The van der Waals surface area contributed by atoms with Crippen molar-refractivity contribution in [3.8, 4) is 5.75 Å². The zero-order chi connectivity index (χ0) is 30.6. The van der Waals surface area contributed by atoms with Crippen molar-refractivity contribution in [2.45, 2.75) is 6.42 Å². The maximum Gasteiger partial charge on any atom is 0.345 e. The quantitative estimate of drug-likeness (QED) is 0.0937. The molecule has 4 atom stereocenters. The number of ketones is 1. The lowest BCUT2D eigenvalue weighted by atomic mass is 9.85. The molecule has 3 amide bonds. The number of hydrazine groups is 1. The van der Waals surface area contributed by atoms with Crippen LogP contribution in [0.3, 0.4) is 0 Å². The topological polar surface area (TPSA) is 101 Å². The minimum Gasteiger partial charge on any atom is -0.423 e. The van der Waals surface area contributed by atoms with E-state index in [1.807, 2.05) is 12.2 Å². The number of allylic oxidation sites excluding steroid dienone is 2. The van der Waals surface area contributed by atoms with Gasteiger partial charge >= 0.3 is 5.97 Å². The molecule has 0 N–H and O–H groups in total. The molecule has 6 rings (SSSR count). The van der Waals surface area contributed by atoms with Gasteiger partial charge in [0.1, 0.15) is 12.3 Å². The first-order valence-corrected chi connectivity index (χ1v) is 14.7. The molecule has 8 nitrogen and oxygen atoms in total. The summed E-state index contributed by atoms with van der Waals surface area (Å²) in [5.74, 6) is -4.39. The van der Waals surface area contributed by atoms with Crippen LogP contribution in [0, 0.1) is 23.7 Å². The molecule has 3 aliphatic rings. The SMILES string of the molecule is O=C(CN(C(=O)c1ccc(Cl)cc1Cl)N1C(=O)[C@@H]2[C@H](C1=O)[C@H]1C=C[C@H]2C1)c1ccc(OC(=O)c2ccc(Cl)cc2Cl)cc1. The van der Waals surface area contributed by atoms with Crippen LogP contribution in [0.15, 0.2) is 72.8 Å². The first kappa shape index (κ1) is 29.4. The molecule has 1 saturated carbocycles. The number of hydrogen-bond donors (Lipinski definition) is 0. The second kappa shape index (κ2) is 11.4. The largest absolute Gasteiger partial charge is 0.423 e. The lowest BCUT2D eigenvalue weighted by molar-refractivity contribution is -0.154. The second-order valence-electron chi connectivity index (χ2n) is 10.4. The summed E-state index contributed by atoms with van der Waals surface area (Å²) in [6.45, 7) is -0.628. The van der Waals surface area contributed by atoms with Crippen molar-refractivity contribution in [1.29, 1.82) is 0 Å². The molecule has 0 unspecified atom stereocenters. The van der Waals surface area contributed by atoms with E-state index >= 15 is 0 Å². The summed E-state index contributed by atoms with van der Waals surface area (Å²) in [4.78, 5) is 67.0. The Bertz CT molecular complexity index is 1710. The molecule has 12 heteroatoms. The molecule has 218 valence electrons. The van der Waals surface area contributed by atoms with Crippen molar-refractivity contribution in [2.75, 3.05) is 6.54 Å². The van der Waals surface area contributed by atoms with Crippen LogP contribution in [0.1, 0.15) is 37.5 Å². The van der Waals surface area contributed by atoms with Gasteiger partial charge in [-0.05, 0) is 78.9 Å². The molecular formula is C31H20Cl4N2O6. The van der Waals surface area contributed by atoms with Gasteiger partial charge < -0.3 is 4.74 Å². The number of esters is 1. The smallest absolute Gasteiger partial charge is 0.345 e. The maximum absolute atomic E-state index is 13.8. The molecule has 1 saturated heterocycles. The molecule has 2 aliphatic carbocycles. The Balaban J connectivity index is 1.25. The van der Waals surface area contributed by atoms with Gasteiger partial charge in [-0.1, -0.05) is 58.6 Å². The van der Waals surface area contributed by atoms with Crippen LogP contribution in [0.5, 0.6) is 5.75 Å². The first-order chi connectivity index (χ1) is 20.5. The fourth-order valence-electron chi connectivity index (χ4n) is 5.91. The molecule has 2 fully saturated rings. The van der Waals surface area contributed by atoms with E-state index in [0.717, 1.165) is 10.0 Å². The molecule has 3 aromatic rings. The first-order valence-electron chi connectivity index (χ1n) is 13.2. The highest BCUT2D eigenvalue weighted by molar-refractivity contribution is 6.37. The van der Waals surface area contributed by atoms with E-state index in [-0.39, 0.29) is 49.3 Å². The number of amides is 3. The van der Waals surface area contributed by atoms with Crippen molar-refractivity contribution >= 4 is 75.9 Å². The number of hydrogen-bond acceptors (Lipinski definition) is 6. The van der Waals surface area contributed by atoms with Crippen molar-refractivity contribution in [1.82, 2.24) is 10.0 Å². The van der Waals surface area contributed by atoms with Gasteiger partial charge in [0.2, 0.25) is 0 Å². The van der Waals surface area contributed by atoms with E-state index in [1.165, 1.54) is 60.7 Å². The Morgan fingerprint density at radius 2 is 1.30 bits per heavy atom. The maximum atomic E-state index is 13.8. The van der Waals surface area contributed by atoms with Crippen LogP contribution < -0.4 is 4.74 Å². The number of nitrogens with zero attached hydrogens (tertiary/aromatic N) is 2. The molecule has 1 aliphatic heterocycles. The number of halogens is 4. The van der Waals surface area contributed by atoms with Crippen LogP contribution in [0.25, 0.3) is 0 Å². The molecular weight excluding hydrogens is 638 g/mol. The van der Waals surface area contributed by atoms with E-state index in [4.69, 9.17) is 51.1 Å². The predicted molar refractivity (Wildman–Crippen MR) is 159 cm³/mol. The monoisotopic (exact) mass is 656 g/mol. The summed E-state index contributed by atoms with van der Waals surface area (Å²) < 4.78 is 5.36. The number of imide groups is 1. The van der Waals surface area contributed by atoms with Crippen molar-refractivity contribution in [3.63, 3.8) is 0 Å². The molecule has 0 spiro atoms. The number of benzene rings is 3. The van der Waals surface area contributed by atoms with Crippen molar-refractivity contribution in [2.24, 2.45) is 23.7 Å².